The number of pyridine rings is 1. The summed E-state index contributed by atoms with van der Waals surface area (Å²) in [5.41, 5.74) is 4.38. The maximum absolute atomic E-state index is 14.4. The molecule has 1 aromatic carbocycles. The number of nitrogens with zero attached hydrogens (tertiary/aromatic N) is 4. The third-order valence-corrected chi connectivity index (χ3v) is 8.93. The van der Waals surface area contributed by atoms with E-state index in [1.54, 1.807) is 25.1 Å². The summed E-state index contributed by atoms with van der Waals surface area (Å²) < 4.78 is 21.6. The van der Waals surface area contributed by atoms with Crippen molar-refractivity contribution in [3.05, 3.63) is 59.3 Å². The molecule has 0 bridgehead atoms. The molecule has 0 aliphatic carbocycles. The molecule has 2 atom stereocenters. The lowest BCUT2D eigenvalue weighted by molar-refractivity contribution is 0.0754. The van der Waals surface area contributed by atoms with E-state index in [2.05, 4.69) is 42.2 Å². The van der Waals surface area contributed by atoms with Crippen LogP contribution in [0.2, 0.25) is 0 Å². The Balaban J connectivity index is 1.57. The van der Waals surface area contributed by atoms with Gasteiger partial charge in [0.15, 0.2) is 0 Å². The first-order valence-corrected chi connectivity index (χ1v) is 15.6. The summed E-state index contributed by atoms with van der Waals surface area (Å²) in [7, 11) is 3.50. The molecule has 3 heterocycles. The average Bonchev–Trinajstić information content (AvgIpc) is 3.57. The lowest BCUT2D eigenvalue weighted by atomic mass is 9.96. The van der Waals surface area contributed by atoms with Gasteiger partial charge in [0.2, 0.25) is 0 Å². The van der Waals surface area contributed by atoms with Gasteiger partial charge in [-0.25, -0.2) is 4.39 Å². The van der Waals surface area contributed by atoms with Crippen LogP contribution >= 0.6 is 0 Å². The van der Waals surface area contributed by atoms with E-state index < -0.39 is 5.82 Å². The number of rotatable bonds is 14. The van der Waals surface area contributed by atoms with Crippen molar-refractivity contribution < 1.29 is 13.9 Å². The lowest BCUT2D eigenvalue weighted by Gasteiger charge is -2.31. The maximum Gasteiger partial charge on any atom is 0.256 e. The predicted molar refractivity (Wildman–Crippen MR) is 169 cm³/mol. The smallest absolute Gasteiger partial charge is 0.256 e. The normalized spacial score (nSPS) is 16.7. The van der Waals surface area contributed by atoms with Crippen LogP contribution in [0, 0.1) is 24.6 Å². The molecule has 1 fully saturated rings. The molecule has 0 spiro atoms. The van der Waals surface area contributed by atoms with Gasteiger partial charge in [0.1, 0.15) is 5.82 Å². The minimum Gasteiger partial charge on any atom is -0.383 e. The number of amides is 1. The summed E-state index contributed by atoms with van der Waals surface area (Å²) in [6, 6.07) is 5.10. The number of nitrogens with one attached hydrogen (secondary N) is 1. The second-order valence-electron chi connectivity index (χ2n) is 12.6. The van der Waals surface area contributed by atoms with Crippen LogP contribution in [-0.4, -0.2) is 84.3 Å². The van der Waals surface area contributed by atoms with E-state index in [1.807, 2.05) is 30.8 Å². The van der Waals surface area contributed by atoms with Crippen molar-refractivity contribution in [2.24, 2.45) is 11.8 Å². The Morgan fingerprint density at radius 3 is 2.71 bits per heavy atom. The number of hydrogen-bond acceptors (Lipinski definition) is 5. The van der Waals surface area contributed by atoms with Gasteiger partial charge in [-0.3, -0.25) is 14.7 Å². The molecule has 1 aliphatic rings. The van der Waals surface area contributed by atoms with Crippen LogP contribution in [0.15, 0.2) is 36.8 Å². The third kappa shape index (κ3) is 7.39. The fourth-order valence-electron chi connectivity index (χ4n) is 6.42. The molecule has 4 rings (SSSR count). The largest absolute Gasteiger partial charge is 0.383 e. The first kappa shape index (κ1) is 32.1. The van der Waals surface area contributed by atoms with Crippen molar-refractivity contribution in [2.75, 3.05) is 46.9 Å². The highest BCUT2D eigenvalue weighted by Gasteiger charge is 2.31. The predicted octanol–water partition coefficient (Wildman–Crippen LogP) is 5.86. The zero-order chi connectivity index (χ0) is 30.4. The highest BCUT2D eigenvalue weighted by atomic mass is 19.1. The summed E-state index contributed by atoms with van der Waals surface area (Å²) in [4.78, 5) is 22.3. The molecule has 230 valence electrons. The van der Waals surface area contributed by atoms with Gasteiger partial charge in [0.05, 0.1) is 29.6 Å². The molecule has 42 heavy (non-hydrogen) atoms. The molecule has 0 radical (unpaired) electrons. The van der Waals surface area contributed by atoms with Crippen LogP contribution in [0.5, 0.6) is 0 Å². The Morgan fingerprint density at radius 2 is 2.00 bits per heavy atom. The van der Waals surface area contributed by atoms with Gasteiger partial charge in [0.25, 0.3) is 5.91 Å². The summed E-state index contributed by atoms with van der Waals surface area (Å²) >= 11 is 0. The number of benzene rings is 1. The number of methoxy groups -OCH3 is 1. The average molecular weight is 580 g/mol. The SMILES string of the molecule is COCCNCCCC(C(C)C)N1CC[C@@H](Cc2cn(-c3ccc(F)cc3C(=O)N(C)C(C)C)c3cncc(C)c23)C1. The monoisotopic (exact) mass is 579 g/mol. The molecule has 3 aromatic rings. The van der Waals surface area contributed by atoms with Gasteiger partial charge in [-0.15, -0.1) is 0 Å². The summed E-state index contributed by atoms with van der Waals surface area (Å²) in [6.45, 7) is 15.6. The standard InChI is InChI=1S/C34H50FN5O2/c1-23(2)30(9-8-13-36-14-16-42-7)39-15-12-26(21-39)17-27-22-40(32-20-37-19-25(5)33(27)32)31-11-10-28(35)18-29(31)34(41)38(6)24(3)4/h10-11,18-20,22-24,26,30,36H,8-9,12-17,21H2,1-7H3/t26-,30?/m0/s1. The number of fused-ring (bicyclic) bond motifs is 1. The molecular formula is C34H50FN5O2. The van der Waals surface area contributed by atoms with Crippen LogP contribution in [-0.2, 0) is 11.2 Å². The molecule has 2 aromatic heterocycles. The van der Waals surface area contributed by atoms with Crippen LogP contribution in [0.4, 0.5) is 4.39 Å². The number of likely N-dealkylation sites (tertiary alicyclic amines) is 1. The van der Waals surface area contributed by atoms with Crippen LogP contribution in [0.3, 0.4) is 0 Å². The Hall–Kier alpha value is -2.81. The van der Waals surface area contributed by atoms with E-state index in [0.717, 1.165) is 56.7 Å². The van der Waals surface area contributed by atoms with Gasteiger partial charge in [-0.1, -0.05) is 13.8 Å². The molecule has 1 unspecified atom stereocenters. The second-order valence-corrected chi connectivity index (χ2v) is 12.6. The first-order valence-electron chi connectivity index (χ1n) is 15.6. The molecule has 8 heteroatoms. The van der Waals surface area contributed by atoms with E-state index in [4.69, 9.17) is 4.74 Å². The van der Waals surface area contributed by atoms with Crippen LogP contribution < -0.4 is 5.32 Å². The van der Waals surface area contributed by atoms with Gasteiger partial charge in [-0.05, 0) is 101 Å². The van der Waals surface area contributed by atoms with Crippen LogP contribution in [0.1, 0.15) is 68.4 Å². The van der Waals surface area contributed by atoms with Crippen molar-refractivity contribution in [1.82, 2.24) is 24.7 Å². The van der Waals surface area contributed by atoms with Crippen molar-refractivity contribution in [3.63, 3.8) is 0 Å². The molecule has 7 nitrogen and oxygen atoms in total. The van der Waals surface area contributed by atoms with Crippen molar-refractivity contribution in [3.8, 4) is 5.69 Å². The Bertz CT molecular complexity index is 1340. The number of carbonyl (C=O) groups excluding carboxylic acids is 1. The second kappa shape index (κ2) is 14.6. The lowest BCUT2D eigenvalue weighted by Crippen LogP contribution is -2.38. The molecular weight excluding hydrogens is 529 g/mol. The molecule has 1 amide bonds. The zero-order valence-electron chi connectivity index (χ0n) is 26.6. The Labute approximate surface area is 251 Å². The number of aromatic nitrogens is 2. The number of carbonyl (C=O) groups is 1. The van der Waals surface area contributed by atoms with Gasteiger partial charge < -0.3 is 19.5 Å². The fourth-order valence-corrected chi connectivity index (χ4v) is 6.42. The summed E-state index contributed by atoms with van der Waals surface area (Å²) in [5, 5.41) is 4.67. The van der Waals surface area contributed by atoms with Gasteiger partial charge in [-0.2, -0.15) is 0 Å². The molecule has 1 aliphatic heterocycles. The zero-order valence-corrected chi connectivity index (χ0v) is 26.6. The number of hydrogen-bond donors (Lipinski definition) is 1. The Kier molecular flexibility index (Phi) is 11.1. The minimum atomic E-state index is -0.415. The maximum atomic E-state index is 14.4. The first-order chi connectivity index (χ1) is 20.1. The summed E-state index contributed by atoms with van der Waals surface area (Å²) in [6.07, 6.45) is 10.4. The highest BCUT2D eigenvalue weighted by molar-refractivity contribution is 5.99. The van der Waals surface area contributed by atoms with Crippen LogP contribution in [0.25, 0.3) is 16.6 Å². The van der Waals surface area contributed by atoms with Crippen molar-refractivity contribution >= 4 is 16.8 Å². The van der Waals surface area contributed by atoms with Crippen molar-refractivity contribution in [2.45, 2.75) is 72.4 Å². The van der Waals surface area contributed by atoms with Gasteiger partial charge >= 0.3 is 0 Å². The minimum absolute atomic E-state index is 0.00129. The third-order valence-electron chi connectivity index (χ3n) is 8.93. The topological polar surface area (TPSA) is 62.6 Å². The molecule has 1 N–H and O–H groups in total. The highest BCUT2D eigenvalue weighted by Crippen LogP contribution is 2.33. The van der Waals surface area contributed by atoms with E-state index in [1.165, 1.54) is 35.9 Å². The quantitative estimate of drug-likeness (QED) is 0.243. The van der Waals surface area contributed by atoms with E-state index in [-0.39, 0.29) is 11.9 Å². The number of halogens is 1. The van der Waals surface area contributed by atoms with E-state index in [0.29, 0.717) is 29.1 Å². The molecule has 1 saturated heterocycles. The molecule has 0 saturated carbocycles. The Morgan fingerprint density at radius 1 is 1.21 bits per heavy atom. The number of aryl methyl sites for hydroxylation is 1. The van der Waals surface area contributed by atoms with Gasteiger partial charge in [0, 0.05) is 57.1 Å². The summed E-state index contributed by atoms with van der Waals surface area (Å²) in [5.74, 6) is 0.556. The van der Waals surface area contributed by atoms with E-state index >= 15 is 0 Å². The fraction of sp³-hybridized carbons (Fsp3) is 0.588. The van der Waals surface area contributed by atoms with E-state index in [9.17, 15) is 9.18 Å². The van der Waals surface area contributed by atoms with Crippen molar-refractivity contribution in [1.29, 1.82) is 0 Å². The number of ether oxygens (including phenoxy) is 1.